The van der Waals surface area contributed by atoms with Crippen molar-refractivity contribution < 1.29 is 28.5 Å². The summed E-state index contributed by atoms with van der Waals surface area (Å²) in [6.45, 7) is 7.50. The van der Waals surface area contributed by atoms with E-state index in [4.69, 9.17) is 23.7 Å². The molecule has 0 spiro atoms. The number of thiazole rings is 1. The molecular weight excluding hydrogens is 600 g/mol. The number of nitrogens with zero attached hydrogens (tertiary/aromatic N) is 2. The molecule has 212 valence electrons. The average molecular weight is 632 g/mol. The molecule has 1 aromatic heterocycles. The molecule has 2 heterocycles. The van der Waals surface area contributed by atoms with Gasteiger partial charge in [0.15, 0.2) is 27.8 Å². The van der Waals surface area contributed by atoms with Crippen molar-refractivity contribution in [2.24, 2.45) is 4.99 Å². The van der Waals surface area contributed by atoms with Gasteiger partial charge >= 0.3 is 5.97 Å². The molecule has 2 aromatic carbocycles. The van der Waals surface area contributed by atoms with Crippen LogP contribution in [0.2, 0.25) is 0 Å². The Balaban J connectivity index is 1.98. The molecule has 1 aliphatic heterocycles. The molecule has 40 heavy (non-hydrogen) atoms. The molecule has 0 bridgehead atoms. The fourth-order valence-electron chi connectivity index (χ4n) is 4.52. The molecule has 0 saturated carbocycles. The van der Waals surface area contributed by atoms with Gasteiger partial charge in [0.05, 0.1) is 55.9 Å². The second-order valence-corrected chi connectivity index (χ2v) is 11.0. The number of esters is 1. The number of allylic oxidation sites excluding steroid dienone is 1. The minimum atomic E-state index is -0.793. The molecule has 11 heteroatoms. The van der Waals surface area contributed by atoms with E-state index in [1.165, 1.54) is 15.9 Å². The van der Waals surface area contributed by atoms with Crippen molar-refractivity contribution in [2.75, 3.05) is 27.9 Å². The number of methoxy groups -OCH3 is 3. The van der Waals surface area contributed by atoms with Gasteiger partial charge in [0, 0.05) is 10.0 Å². The lowest BCUT2D eigenvalue weighted by Gasteiger charge is -2.25. The van der Waals surface area contributed by atoms with Crippen LogP contribution in [0, 0.1) is 0 Å². The van der Waals surface area contributed by atoms with Crippen LogP contribution in [0.4, 0.5) is 0 Å². The SMILES string of the molecule is CCOC(=O)C1=C(C)N=c2s/c(=C/c3cc(Br)cc(OC)c3OC)c(=O)n2[C@@H]1c1ccc(OC(C)C)c(OC)c1. The Kier molecular flexibility index (Phi) is 9.05. The quantitative estimate of drug-likeness (QED) is 0.324. The molecule has 9 nitrogen and oxygen atoms in total. The largest absolute Gasteiger partial charge is 0.493 e. The molecule has 0 radical (unpaired) electrons. The van der Waals surface area contributed by atoms with Crippen LogP contribution in [-0.2, 0) is 9.53 Å². The highest BCUT2D eigenvalue weighted by Gasteiger charge is 2.34. The summed E-state index contributed by atoms with van der Waals surface area (Å²) in [5, 5.41) is 0. The Morgan fingerprint density at radius 2 is 1.82 bits per heavy atom. The van der Waals surface area contributed by atoms with Crippen molar-refractivity contribution in [3.05, 3.63) is 76.9 Å². The molecule has 0 fully saturated rings. The topological polar surface area (TPSA) is 97.6 Å². The molecule has 0 amide bonds. The number of benzene rings is 2. The minimum absolute atomic E-state index is 0.0664. The number of halogens is 1. The fraction of sp³-hybridized carbons (Fsp3) is 0.345. The van der Waals surface area contributed by atoms with Gasteiger partial charge in [-0.15, -0.1) is 0 Å². The monoisotopic (exact) mass is 630 g/mol. The third kappa shape index (κ3) is 5.66. The lowest BCUT2D eigenvalue weighted by molar-refractivity contribution is -0.139. The summed E-state index contributed by atoms with van der Waals surface area (Å²) in [6.07, 6.45) is 1.67. The van der Waals surface area contributed by atoms with Gasteiger partial charge in [-0.1, -0.05) is 33.3 Å². The Bertz CT molecular complexity index is 1660. The smallest absolute Gasteiger partial charge is 0.338 e. The number of ether oxygens (including phenoxy) is 5. The number of fused-ring (bicyclic) bond motifs is 1. The highest BCUT2D eigenvalue weighted by Crippen LogP contribution is 2.37. The molecule has 3 aromatic rings. The van der Waals surface area contributed by atoms with Crippen LogP contribution in [0.1, 0.15) is 44.9 Å². The number of aromatic nitrogens is 1. The lowest BCUT2D eigenvalue weighted by atomic mass is 9.95. The summed E-state index contributed by atoms with van der Waals surface area (Å²) in [7, 11) is 4.64. The molecular formula is C29H31BrN2O7S. The van der Waals surface area contributed by atoms with E-state index in [-0.39, 0.29) is 23.8 Å². The van der Waals surface area contributed by atoms with Crippen LogP contribution in [-0.4, -0.2) is 44.6 Å². The zero-order valence-corrected chi connectivity index (χ0v) is 25.8. The molecule has 0 saturated heterocycles. The maximum absolute atomic E-state index is 14.0. The highest BCUT2D eigenvalue weighted by atomic mass is 79.9. The van der Waals surface area contributed by atoms with Gasteiger partial charge in [0.25, 0.3) is 5.56 Å². The Hall–Kier alpha value is -3.57. The van der Waals surface area contributed by atoms with Crippen molar-refractivity contribution in [3.8, 4) is 23.0 Å². The van der Waals surface area contributed by atoms with Crippen molar-refractivity contribution in [3.63, 3.8) is 0 Å². The predicted molar refractivity (Wildman–Crippen MR) is 156 cm³/mol. The second-order valence-electron chi connectivity index (χ2n) is 9.11. The number of rotatable bonds is 9. The van der Waals surface area contributed by atoms with Gasteiger partial charge in [0.1, 0.15) is 0 Å². The number of carbonyl (C=O) groups excluding carboxylic acids is 1. The van der Waals surface area contributed by atoms with Crippen LogP contribution in [0.25, 0.3) is 6.08 Å². The summed E-state index contributed by atoms with van der Waals surface area (Å²) in [5.41, 5.74) is 1.74. The third-order valence-corrected chi connectivity index (χ3v) is 7.58. The van der Waals surface area contributed by atoms with Gasteiger partial charge in [0.2, 0.25) is 0 Å². The number of hydrogen-bond acceptors (Lipinski definition) is 9. The first-order valence-corrected chi connectivity index (χ1v) is 14.2. The van der Waals surface area contributed by atoms with E-state index < -0.39 is 12.0 Å². The first kappa shape index (κ1) is 29.4. The van der Waals surface area contributed by atoms with Gasteiger partial charge in [-0.25, -0.2) is 9.79 Å². The van der Waals surface area contributed by atoms with Crippen molar-refractivity contribution in [1.29, 1.82) is 0 Å². The minimum Gasteiger partial charge on any atom is -0.493 e. The van der Waals surface area contributed by atoms with Crippen LogP contribution < -0.4 is 33.8 Å². The third-order valence-electron chi connectivity index (χ3n) is 6.14. The van der Waals surface area contributed by atoms with Crippen molar-refractivity contribution in [1.82, 2.24) is 4.57 Å². The molecule has 4 rings (SSSR count). The highest BCUT2D eigenvalue weighted by molar-refractivity contribution is 9.10. The predicted octanol–water partition coefficient (Wildman–Crippen LogP) is 4.37. The van der Waals surface area contributed by atoms with Gasteiger partial charge in [-0.3, -0.25) is 9.36 Å². The van der Waals surface area contributed by atoms with E-state index in [9.17, 15) is 9.59 Å². The van der Waals surface area contributed by atoms with E-state index in [1.54, 1.807) is 59.5 Å². The Labute approximate surface area is 244 Å². The van der Waals surface area contributed by atoms with E-state index in [0.29, 0.717) is 49.2 Å². The van der Waals surface area contributed by atoms with Crippen LogP contribution in [0.5, 0.6) is 23.0 Å². The lowest BCUT2D eigenvalue weighted by Crippen LogP contribution is -2.40. The van der Waals surface area contributed by atoms with Crippen molar-refractivity contribution >= 4 is 39.3 Å². The summed E-state index contributed by atoms with van der Waals surface area (Å²) < 4.78 is 30.6. The Morgan fingerprint density at radius 1 is 1.10 bits per heavy atom. The molecule has 0 unspecified atom stereocenters. The zero-order valence-electron chi connectivity index (χ0n) is 23.4. The maximum Gasteiger partial charge on any atom is 0.338 e. The molecule has 0 aliphatic carbocycles. The average Bonchev–Trinajstić information content (AvgIpc) is 3.21. The normalized spacial score (nSPS) is 15.0. The first-order valence-electron chi connectivity index (χ1n) is 12.6. The van der Waals surface area contributed by atoms with Crippen LogP contribution in [0.15, 0.2) is 55.9 Å². The van der Waals surface area contributed by atoms with Gasteiger partial charge < -0.3 is 23.7 Å². The molecule has 0 N–H and O–H groups in total. The fourth-order valence-corrected chi connectivity index (χ4v) is 6.01. The summed E-state index contributed by atoms with van der Waals surface area (Å²) in [5.74, 6) is 1.51. The molecule has 1 aliphatic rings. The molecule has 1 atom stereocenters. The Morgan fingerprint density at radius 3 is 2.45 bits per heavy atom. The first-order chi connectivity index (χ1) is 19.1. The number of carbonyl (C=O) groups is 1. The van der Waals surface area contributed by atoms with E-state index in [0.717, 1.165) is 4.47 Å². The van der Waals surface area contributed by atoms with Crippen LogP contribution >= 0.6 is 27.3 Å². The maximum atomic E-state index is 14.0. The van der Waals surface area contributed by atoms with Crippen LogP contribution in [0.3, 0.4) is 0 Å². The van der Waals surface area contributed by atoms with E-state index in [1.807, 2.05) is 26.0 Å². The second kappa shape index (κ2) is 12.3. The van der Waals surface area contributed by atoms with Crippen molar-refractivity contribution in [2.45, 2.75) is 39.8 Å². The van der Waals surface area contributed by atoms with Gasteiger partial charge in [-0.05, 0) is 63.6 Å². The summed E-state index contributed by atoms with van der Waals surface area (Å²) in [4.78, 5) is 32.3. The summed E-state index contributed by atoms with van der Waals surface area (Å²) >= 11 is 4.71. The van der Waals surface area contributed by atoms with E-state index >= 15 is 0 Å². The summed E-state index contributed by atoms with van der Waals surface area (Å²) in [6, 6.07) is 8.21. The standard InChI is InChI=1S/C29H31BrN2O7S/c1-8-38-28(34)24-16(4)31-29-32(25(24)17-9-10-20(39-15(2)3)21(12-17)35-5)27(33)23(40-29)13-18-11-19(30)14-22(36-6)26(18)37-7/h9-15,25H,8H2,1-7H3/b23-13+/t25-/m1/s1. The number of hydrogen-bond donors (Lipinski definition) is 0. The zero-order chi connectivity index (χ0) is 29.1. The van der Waals surface area contributed by atoms with E-state index in [2.05, 4.69) is 20.9 Å². The van der Waals surface area contributed by atoms with Gasteiger partial charge in [-0.2, -0.15) is 0 Å².